The number of aromatic nitrogens is 2. The number of piperidine rings is 1. The Bertz CT molecular complexity index is 778. The monoisotopic (exact) mass is 576 g/mol. The number of nitrogens with zero attached hydrogens (tertiary/aromatic N) is 5. The van der Waals surface area contributed by atoms with Gasteiger partial charge in [0.25, 0.3) is 0 Å². The Morgan fingerprint density at radius 2 is 2.09 bits per heavy atom. The first-order valence-electron chi connectivity index (χ1n) is 11.9. The van der Waals surface area contributed by atoms with Crippen molar-refractivity contribution in [2.24, 2.45) is 18.0 Å². The van der Waals surface area contributed by atoms with E-state index >= 15 is 0 Å². The maximum absolute atomic E-state index is 12.4. The van der Waals surface area contributed by atoms with Gasteiger partial charge >= 0.3 is 6.09 Å². The van der Waals surface area contributed by atoms with E-state index in [1.165, 1.54) is 0 Å². The topological polar surface area (TPSA) is 84.2 Å². The Balaban J connectivity index is 0.00000385. The highest BCUT2D eigenvalue weighted by Gasteiger charge is 2.28. The number of likely N-dealkylation sites (tertiary alicyclic amines) is 1. The summed E-state index contributed by atoms with van der Waals surface area (Å²) in [6.45, 7) is 13.2. The highest BCUT2D eigenvalue weighted by molar-refractivity contribution is 14.0. The molecule has 3 rings (SSSR count). The molecule has 10 heteroatoms. The van der Waals surface area contributed by atoms with Crippen LogP contribution in [0.15, 0.2) is 17.4 Å². The van der Waals surface area contributed by atoms with Crippen molar-refractivity contribution >= 4 is 36.0 Å². The minimum absolute atomic E-state index is 0. The van der Waals surface area contributed by atoms with Crippen LogP contribution in [0.25, 0.3) is 0 Å². The zero-order chi connectivity index (χ0) is 23.1. The normalized spacial score (nSPS) is 22.0. The number of carbonyl (C=O) groups is 1. The number of nitrogens with one attached hydrogen (secondary N) is 1. The average Bonchev–Trinajstić information content (AvgIpc) is 3.19. The average molecular weight is 577 g/mol. The lowest BCUT2D eigenvalue weighted by atomic mass is 9.95. The number of hydrogen-bond donors (Lipinski definition) is 1. The number of guanidine groups is 1. The number of morpholine rings is 1. The zero-order valence-corrected chi connectivity index (χ0v) is 23.1. The third-order valence-corrected chi connectivity index (χ3v) is 5.77. The first-order valence-corrected chi connectivity index (χ1v) is 11.9. The van der Waals surface area contributed by atoms with E-state index in [1.54, 1.807) is 0 Å². The smallest absolute Gasteiger partial charge is 0.410 e. The first-order chi connectivity index (χ1) is 15.2. The summed E-state index contributed by atoms with van der Waals surface area (Å²) in [7, 11) is 1.92. The number of amides is 1. The highest BCUT2D eigenvalue weighted by atomic mass is 127. The van der Waals surface area contributed by atoms with Crippen LogP contribution in [0.5, 0.6) is 0 Å². The van der Waals surface area contributed by atoms with Gasteiger partial charge in [0, 0.05) is 51.5 Å². The molecule has 2 unspecified atom stereocenters. The predicted molar refractivity (Wildman–Crippen MR) is 140 cm³/mol. The molecule has 2 aliphatic heterocycles. The number of ether oxygens (including phenoxy) is 2. The molecule has 1 aromatic rings. The molecule has 2 atom stereocenters. The molecule has 0 radical (unpaired) electrons. The van der Waals surface area contributed by atoms with Crippen LogP contribution in [0.4, 0.5) is 4.79 Å². The predicted octanol–water partition coefficient (Wildman–Crippen LogP) is 3.41. The van der Waals surface area contributed by atoms with Gasteiger partial charge in [0.2, 0.25) is 0 Å². The van der Waals surface area contributed by atoms with Crippen molar-refractivity contribution in [1.82, 2.24) is 24.9 Å². The van der Waals surface area contributed by atoms with Gasteiger partial charge < -0.3 is 24.6 Å². The van der Waals surface area contributed by atoms with Crippen LogP contribution >= 0.6 is 24.0 Å². The Labute approximate surface area is 215 Å². The fourth-order valence-electron chi connectivity index (χ4n) is 4.22. The van der Waals surface area contributed by atoms with E-state index in [1.807, 2.05) is 49.8 Å². The number of hydrogen-bond acceptors (Lipinski definition) is 5. The molecule has 9 nitrogen and oxygen atoms in total. The Hall–Kier alpha value is -1.56. The second-order valence-corrected chi connectivity index (χ2v) is 9.71. The quantitative estimate of drug-likeness (QED) is 0.329. The van der Waals surface area contributed by atoms with Crippen molar-refractivity contribution < 1.29 is 14.3 Å². The number of aliphatic imine (C=N–C) groups is 1. The number of carbonyl (C=O) groups excluding carboxylic acids is 1. The van der Waals surface area contributed by atoms with Crippen LogP contribution in [-0.4, -0.2) is 83.1 Å². The minimum Gasteiger partial charge on any atom is -0.444 e. The summed E-state index contributed by atoms with van der Waals surface area (Å²) in [5.41, 5.74) is 0.637. The molecule has 0 bridgehead atoms. The van der Waals surface area contributed by atoms with Gasteiger partial charge in [-0.1, -0.05) is 0 Å². The van der Waals surface area contributed by atoms with E-state index in [2.05, 4.69) is 22.2 Å². The second kappa shape index (κ2) is 12.8. The second-order valence-electron chi connectivity index (χ2n) is 9.71. The Kier molecular flexibility index (Phi) is 10.7. The van der Waals surface area contributed by atoms with Crippen LogP contribution in [0.2, 0.25) is 0 Å². The van der Waals surface area contributed by atoms with Crippen molar-refractivity contribution in [3.63, 3.8) is 0 Å². The van der Waals surface area contributed by atoms with Crippen molar-refractivity contribution in [1.29, 1.82) is 0 Å². The molecule has 1 amide bonds. The maximum Gasteiger partial charge on any atom is 0.410 e. The SMILES string of the molecule is CCNC(=NCCC1CCCN(C(=O)OC(C)(C)C)C1)N1CCOC(c2cnn(C)c2)C1.I. The molecule has 188 valence electrons. The van der Waals surface area contributed by atoms with Gasteiger partial charge in [-0.25, -0.2) is 4.79 Å². The number of halogens is 1. The number of aryl methyl sites for hydroxylation is 1. The molecule has 2 fully saturated rings. The summed E-state index contributed by atoms with van der Waals surface area (Å²) in [5, 5.41) is 7.71. The van der Waals surface area contributed by atoms with Crippen LogP contribution in [0.3, 0.4) is 0 Å². The Morgan fingerprint density at radius 1 is 1.30 bits per heavy atom. The van der Waals surface area contributed by atoms with Gasteiger partial charge in [-0.3, -0.25) is 9.67 Å². The lowest BCUT2D eigenvalue weighted by Gasteiger charge is -2.35. The third-order valence-electron chi connectivity index (χ3n) is 5.77. The van der Waals surface area contributed by atoms with E-state index in [9.17, 15) is 4.79 Å². The fourth-order valence-corrected chi connectivity index (χ4v) is 4.22. The first kappa shape index (κ1) is 27.7. The summed E-state index contributed by atoms with van der Waals surface area (Å²) < 4.78 is 13.3. The van der Waals surface area contributed by atoms with E-state index in [4.69, 9.17) is 14.5 Å². The van der Waals surface area contributed by atoms with Gasteiger partial charge in [-0.15, -0.1) is 24.0 Å². The molecule has 0 saturated carbocycles. The molecular weight excluding hydrogens is 535 g/mol. The van der Waals surface area contributed by atoms with Gasteiger partial charge in [0.05, 0.1) is 19.3 Å². The maximum atomic E-state index is 12.4. The molecule has 0 spiro atoms. The molecular formula is C23H41IN6O3. The molecule has 2 aliphatic rings. The molecule has 2 saturated heterocycles. The van der Waals surface area contributed by atoms with Gasteiger partial charge in [0.15, 0.2) is 5.96 Å². The molecule has 0 aromatic carbocycles. The molecule has 0 aliphatic carbocycles. The highest BCUT2D eigenvalue weighted by Crippen LogP contribution is 2.23. The molecule has 33 heavy (non-hydrogen) atoms. The van der Waals surface area contributed by atoms with Crippen LogP contribution < -0.4 is 5.32 Å². The van der Waals surface area contributed by atoms with Gasteiger partial charge in [0.1, 0.15) is 11.7 Å². The number of rotatable bonds is 5. The van der Waals surface area contributed by atoms with Crippen LogP contribution in [0, 0.1) is 5.92 Å². The molecule has 3 heterocycles. The van der Waals surface area contributed by atoms with Crippen LogP contribution in [0.1, 0.15) is 58.6 Å². The van der Waals surface area contributed by atoms with Crippen molar-refractivity contribution in [2.75, 3.05) is 45.9 Å². The summed E-state index contributed by atoms with van der Waals surface area (Å²) in [6.07, 6.45) is 6.80. The zero-order valence-electron chi connectivity index (χ0n) is 20.7. The lowest BCUT2D eigenvalue weighted by molar-refractivity contribution is -0.00805. The largest absolute Gasteiger partial charge is 0.444 e. The standard InChI is InChI=1S/C23H40N6O3.HI/c1-6-24-21(28-12-13-31-20(17-28)19-14-26-27(5)16-19)25-10-9-18-8-7-11-29(15-18)22(30)32-23(2,3)4;/h14,16,18,20H,6-13,15,17H2,1-5H3,(H,24,25);1H. The summed E-state index contributed by atoms with van der Waals surface area (Å²) in [5.74, 6) is 1.39. The molecule has 1 aromatic heterocycles. The summed E-state index contributed by atoms with van der Waals surface area (Å²) in [4.78, 5) is 21.5. The van der Waals surface area contributed by atoms with Crippen molar-refractivity contribution in [2.45, 2.75) is 58.7 Å². The third kappa shape index (κ3) is 8.62. The minimum atomic E-state index is -0.457. The van der Waals surface area contributed by atoms with Crippen LogP contribution in [-0.2, 0) is 16.5 Å². The summed E-state index contributed by atoms with van der Waals surface area (Å²) >= 11 is 0. The summed E-state index contributed by atoms with van der Waals surface area (Å²) in [6, 6.07) is 0. The van der Waals surface area contributed by atoms with E-state index < -0.39 is 5.60 Å². The lowest BCUT2D eigenvalue weighted by Crippen LogP contribution is -2.48. The Morgan fingerprint density at radius 3 is 2.76 bits per heavy atom. The fraction of sp³-hybridized carbons (Fsp3) is 0.783. The van der Waals surface area contributed by atoms with Gasteiger partial charge in [-0.05, 0) is 52.9 Å². The van der Waals surface area contributed by atoms with E-state index in [-0.39, 0.29) is 36.2 Å². The van der Waals surface area contributed by atoms with Crippen molar-refractivity contribution in [3.8, 4) is 0 Å². The molecule has 1 N–H and O–H groups in total. The van der Waals surface area contributed by atoms with Crippen molar-refractivity contribution in [3.05, 3.63) is 18.0 Å². The van der Waals surface area contributed by atoms with Gasteiger partial charge in [-0.2, -0.15) is 5.10 Å². The van der Waals surface area contributed by atoms with E-state index in [0.717, 1.165) is 70.1 Å². The van der Waals surface area contributed by atoms with E-state index in [0.29, 0.717) is 12.5 Å².